The number of thiophene rings is 1. The van der Waals surface area contributed by atoms with Crippen LogP contribution in [0.15, 0.2) is 27.7 Å². The van der Waals surface area contributed by atoms with Crippen LogP contribution in [-0.4, -0.2) is 18.2 Å². The van der Waals surface area contributed by atoms with E-state index in [4.69, 9.17) is 4.52 Å². The number of aliphatic imine (C=N–C) groups is 1. The van der Waals surface area contributed by atoms with E-state index in [1.54, 1.807) is 7.05 Å². The summed E-state index contributed by atoms with van der Waals surface area (Å²) in [5, 5.41) is 10.5. The Balaban J connectivity index is 1.80. The lowest BCUT2D eigenvalue weighted by Gasteiger charge is -2.09. The van der Waals surface area contributed by atoms with E-state index in [1.807, 2.05) is 17.4 Å². The molecule has 0 aliphatic carbocycles. The van der Waals surface area contributed by atoms with Crippen molar-refractivity contribution in [2.24, 2.45) is 4.99 Å². The van der Waals surface area contributed by atoms with Gasteiger partial charge in [0.05, 0.1) is 18.8 Å². The first-order valence-corrected chi connectivity index (χ1v) is 8.03. The molecule has 2 aromatic rings. The second-order valence-electron chi connectivity index (χ2n) is 4.64. The molecule has 0 fully saturated rings. The summed E-state index contributed by atoms with van der Waals surface area (Å²) in [4.78, 5) is 6.92. The zero-order valence-corrected chi connectivity index (χ0v) is 13.6. The van der Waals surface area contributed by atoms with Gasteiger partial charge in [-0.2, -0.15) is 0 Å². The van der Waals surface area contributed by atoms with Crippen molar-refractivity contribution >= 4 is 17.3 Å². The van der Waals surface area contributed by atoms with Crippen molar-refractivity contribution in [1.82, 2.24) is 15.8 Å². The highest BCUT2D eigenvalue weighted by atomic mass is 32.1. The van der Waals surface area contributed by atoms with Crippen molar-refractivity contribution in [2.45, 2.75) is 39.8 Å². The molecule has 0 bridgehead atoms. The molecule has 0 unspecified atom stereocenters. The van der Waals surface area contributed by atoms with Crippen LogP contribution in [0, 0.1) is 0 Å². The van der Waals surface area contributed by atoms with Crippen LogP contribution < -0.4 is 10.6 Å². The fourth-order valence-electron chi connectivity index (χ4n) is 1.88. The Morgan fingerprint density at radius 1 is 1.19 bits per heavy atom. The first-order chi connectivity index (χ1) is 10.2. The Morgan fingerprint density at radius 2 is 1.95 bits per heavy atom. The molecule has 0 aliphatic heterocycles. The van der Waals surface area contributed by atoms with Crippen molar-refractivity contribution in [2.75, 3.05) is 7.05 Å². The van der Waals surface area contributed by atoms with Gasteiger partial charge in [0.25, 0.3) is 0 Å². The van der Waals surface area contributed by atoms with Gasteiger partial charge in [-0.15, -0.1) is 11.3 Å². The van der Waals surface area contributed by atoms with Gasteiger partial charge in [0.2, 0.25) is 0 Å². The molecule has 21 heavy (non-hydrogen) atoms. The maximum Gasteiger partial charge on any atom is 0.191 e. The quantitative estimate of drug-likeness (QED) is 0.636. The van der Waals surface area contributed by atoms with Crippen LogP contribution >= 0.6 is 11.3 Å². The van der Waals surface area contributed by atoms with Gasteiger partial charge in [-0.3, -0.25) is 4.99 Å². The van der Waals surface area contributed by atoms with E-state index in [-0.39, 0.29) is 0 Å². The van der Waals surface area contributed by atoms with Gasteiger partial charge in [-0.25, -0.2) is 0 Å². The molecule has 2 rings (SSSR count). The smallest absolute Gasteiger partial charge is 0.191 e. The molecular formula is C15H22N4OS. The van der Waals surface area contributed by atoms with Crippen LogP contribution in [0.3, 0.4) is 0 Å². The maximum atomic E-state index is 5.24. The monoisotopic (exact) mass is 306 g/mol. The van der Waals surface area contributed by atoms with E-state index in [2.05, 4.69) is 46.8 Å². The van der Waals surface area contributed by atoms with Crippen LogP contribution in [-0.2, 0) is 25.9 Å². The molecule has 0 aromatic carbocycles. The van der Waals surface area contributed by atoms with E-state index < -0.39 is 0 Å². The van der Waals surface area contributed by atoms with Gasteiger partial charge in [0.1, 0.15) is 0 Å². The minimum Gasteiger partial charge on any atom is -0.359 e. The first-order valence-electron chi connectivity index (χ1n) is 7.21. The molecule has 2 heterocycles. The van der Waals surface area contributed by atoms with E-state index >= 15 is 0 Å². The number of nitrogens with zero attached hydrogens (tertiary/aromatic N) is 2. The van der Waals surface area contributed by atoms with E-state index in [0.29, 0.717) is 6.54 Å². The summed E-state index contributed by atoms with van der Waals surface area (Å²) < 4.78 is 5.24. The minimum atomic E-state index is 0.581. The summed E-state index contributed by atoms with van der Waals surface area (Å²) in [6, 6.07) is 6.31. The standard InChI is InChI=1S/C15H22N4OS/c1-4-11-8-12(20-19-11)9-17-15(16-3)18-10-14-7-6-13(5-2)21-14/h6-8H,4-5,9-10H2,1-3H3,(H2,16,17,18). The van der Waals surface area contributed by atoms with Crippen LogP contribution in [0.5, 0.6) is 0 Å². The second kappa shape index (κ2) is 7.83. The van der Waals surface area contributed by atoms with Crippen molar-refractivity contribution in [3.8, 4) is 0 Å². The summed E-state index contributed by atoms with van der Waals surface area (Å²) >= 11 is 1.83. The van der Waals surface area contributed by atoms with E-state index in [9.17, 15) is 0 Å². The van der Waals surface area contributed by atoms with Gasteiger partial charge >= 0.3 is 0 Å². The van der Waals surface area contributed by atoms with Crippen LogP contribution in [0.1, 0.15) is 35.1 Å². The number of guanidine groups is 1. The normalized spacial score (nSPS) is 11.7. The Bertz CT molecular complexity index is 540. The third kappa shape index (κ3) is 4.60. The van der Waals surface area contributed by atoms with Crippen LogP contribution in [0.25, 0.3) is 0 Å². The molecule has 0 radical (unpaired) electrons. The Morgan fingerprint density at radius 3 is 2.57 bits per heavy atom. The molecule has 2 aromatic heterocycles. The topological polar surface area (TPSA) is 62.5 Å². The zero-order valence-electron chi connectivity index (χ0n) is 12.8. The molecule has 5 nitrogen and oxygen atoms in total. The number of hydrogen-bond acceptors (Lipinski definition) is 4. The van der Waals surface area contributed by atoms with E-state index in [0.717, 1.165) is 36.8 Å². The van der Waals surface area contributed by atoms with Crippen molar-refractivity contribution in [1.29, 1.82) is 0 Å². The zero-order chi connectivity index (χ0) is 15.1. The fraction of sp³-hybridized carbons (Fsp3) is 0.467. The molecular weight excluding hydrogens is 284 g/mol. The summed E-state index contributed by atoms with van der Waals surface area (Å²) in [6.45, 7) is 5.59. The number of hydrogen-bond donors (Lipinski definition) is 2. The predicted octanol–water partition coefficient (Wildman–Crippen LogP) is 2.73. The lowest BCUT2D eigenvalue weighted by Crippen LogP contribution is -2.36. The lowest BCUT2D eigenvalue weighted by molar-refractivity contribution is 0.374. The summed E-state index contributed by atoms with van der Waals surface area (Å²) in [7, 11) is 1.76. The molecule has 114 valence electrons. The Hall–Kier alpha value is -1.82. The van der Waals surface area contributed by atoms with E-state index in [1.165, 1.54) is 9.75 Å². The summed E-state index contributed by atoms with van der Waals surface area (Å²) in [6.07, 6.45) is 1.97. The maximum absolute atomic E-state index is 5.24. The summed E-state index contributed by atoms with van der Waals surface area (Å²) in [5.41, 5.74) is 0.973. The van der Waals surface area contributed by atoms with Crippen LogP contribution in [0.2, 0.25) is 0 Å². The van der Waals surface area contributed by atoms with Crippen molar-refractivity contribution < 1.29 is 4.52 Å². The highest BCUT2D eigenvalue weighted by molar-refractivity contribution is 7.11. The number of rotatable bonds is 6. The fourth-order valence-corrected chi connectivity index (χ4v) is 2.77. The highest BCUT2D eigenvalue weighted by Crippen LogP contribution is 2.16. The molecule has 2 N–H and O–H groups in total. The minimum absolute atomic E-state index is 0.581. The molecule has 6 heteroatoms. The van der Waals surface area contributed by atoms with Gasteiger partial charge in [0.15, 0.2) is 11.7 Å². The first kappa shape index (κ1) is 15.6. The number of aryl methyl sites for hydroxylation is 2. The molecule has 0 amide bonds. The molecule has 0 atom stereocenters. The summed E-state index contributed by atoms with van der Waals surface area (Å²) in [5.74, 6) is 1.58. The number of aromatic nitrogens is 1. The average molecular weight is 306 g/mol. The van der Waals surface area contributed by atoms with Gasteiger partial charge in [0, 0.05) is 22.9 Å². The average Bonchev–Trinajstić information content (AvgIpc) is 3.16. The predicted molar refractivity (Wildman–Crippen MR) is 86.6 cm³/mol. The largest absolute Gasteiger partial charge is 0.359 e. The van der Waals surface area contributed by atoms with Gasteiger partial charge in [-0.05, 0) is 25.0 Å². The third-order valence-corrected chi connectivity index (χ3v) is 4.35. The molecule has 0 spiro atoms. The molecule has 0 aliphatic rings. The Labute approximate surface area is 129 Å². The second-order valence-corrected chi connectivity index (χ2v) is 5.89. The van der Waals surface area contributed by atoms with Crippen molar-refractivity contribution in [3.63, 3.8) is 0 Å². The SMILES string of the molecule is CCc1cc(CNC(=NC)NCc2ccc(CC)s2)on1. The number of nitrogens with one attached hydrogen (secondary N) is 2. The Kier molecular flexibility index (Phi) is 5.80. The third-order valence-electron chi connectivity index (χ3n) is 3.12. The van der Waals surface area contributed by atoms with Crippen molar-refractivity contribution in [3.05, 3.63) is 39.4 Å². The molecule has 0 saturated carbocycles. The molecule has 0 saturated heterocycles. The highest BCUT2D eigenvalue weighted by Gasteiger charge is 2.05. The van der Waals surface area contributed by atoms with Gasteiger partial charge < -0.3 is 15.2 Å². The lowest BCUT2D eigenvalue weighted by atomic mass is 10.3. The van der Waals surface area contributed by atoms with Gasteiger partial charge in [-0.1, -0.05) is 19.0 Å². The van der Waals surface area contributed by atoms with Crippen LogP contribution in [0.4, 0.5) is 0 Å².